The number of aromatic nitrogens is 1. The Morgan fingerprint density at radius 1 is 1.23 bits per heavy atom. The van der Waals surface area contributed by atoms with Crippen molar-refractivity contribution in [3.63, 3.8) is 0 Å². The summed E-state index contributed by atoms with van der Waals surface area (Å²) in [7, 11) is 0. The van der Waals surface area contributed by atoms with E-state index < -0.39 is 0 Å². The van der Waals surface area contributed by atoms with Gasteiger partial charge < -0.3 is 14.8 Å². The topological polar surface area (TPSA) is 51.4 Å². The Balaban J connectivity index is 1.78. The van der Waals surface area contributed by atoms with E-state index in [1.54, 1.807) is 12.1 Å². The van der Waals surface area contributed by atoms with Crippen LogP contribution in [0.1, 0.15) is 24.2 Å². The molecule has 0 aliphatic carbocycles. The van der Waals surface area contributed by atoms with E-state index >= 15 is 0 Å². The zero-order valence-electron chi connectivity index (χ0n) is 12.9. The zero-order valence-corrected chi connectivity index (χ0v) is 12.9. The molecule has 0 saturated carbocycles. The van der Waals surface area contributed by atoms with E-state index in [1.807, 2.05) is 49.7 Å². The number of aryl methyl sites for hydroxylation is 1. The molecule has 0 fully saturated rings. The van der Waals surface area contributed by atoms with Gasteiger partial charge >= 0.3 is 0 Å². The molecular weight excluding hydrogens is 280 g/mol. The quantitative estimate of drug-likeness (QED) is 0.886. The van der Waals surface area contributed by atoms with Crippen LogP contribution in [-0.4, -0.2) is 12.7 Å². The van der Waals surface area contributed by atoms with Crippen LogP contribution in [0.15, 0.2) is 36.5 Å². The van der Waals surface area contributed by atoms with E-state index in [4.69, 9.17) is 9.47 Å². The summed E-state index contributed by atoms with van der Waals surface area (Å²) in [6.07, 6.45) is 1.92. The van der Waals surface area contributed by atoms with Gasteiger partial charge in [0.2, 0.25) is 12.8 Å². The number of pyridine rings is 1. The highest BCUT2D eigenvalue weighted by atomic mass is 16.7. The molecule has 5 nitrogen and oxygen atoms in total. The van der Waals surface area contributed by atoms with E-state index in [9.17, 15) is 4.79 Å². The summed E-state index contributed by atoms with van der Waals surface area (Å²) < 4.78 is 12.6. The highest BCUT2D eigenvalue weighted by Crippen LogP contribution is 2.34. The Hall–Kier alpha value is -2.56. The minimum atomic E-state index is -0.301. The standard InChI is InChI=1S/C17H18N2O3/c1-11-5-4-8-19(12(11)2)13(3)17(20)18-14-6-7-15-16(9-14)22-10-21-15/h4-9,13H,10H2,1-3H3/p+1/t13-/m1/s1. The van der Waals surface area contributed by atoms with Gasteiger partial charge in [-0.15, -0.1) is 0 Å². The van der Waals surface area contributed by atoms with Gasteiger partial charge in [0.05, 0.1) is 0 Å². The fourth-order valence-corrected chi connectivity index (χ4v) is 2.48. The average Bonchev–Trinajstić information content (AvgIpc) is 2.97. The van der Waals surface area contributed by atoms with Gasteiger partial charge in [-0.2, -0.15) is 4.57 Å². The van der Waals surface area contributed by atoms with Crippen LogP contribution >= 0.6 is 0 Å². The number of ether oxygens (including phenoxy) is 2. The predicted octanol–water partition coefficient (Wildman–Crippen LogP) is 2.52. The summed E-state index contributed by atoms with van der Waals surface area (Å²) in [6.45, 7) is 6.16. The lowest BCUT2D eigenvalue weighted by atomic mass is 10.2. The highest BCUT2D eigenvalue weighted by Gasteiger charge is 2.25. The molecule has 0 saturated heterocycles. The Bertz CT molecular complexity index is 728. The molecule has 0 radical (unpaired) electrons. The smallest absolute Gasteiger partial charge is 0.293 e. The molecule has 2 aromatic rings. The van der Waals surface area contributed by atoms with Crippen LogP contribution in [0.5, 0.6) is 11.5 Å². The monoisotopic (exact) mass is 299 g/mol. The summed E-state index contributed by atoms with van der Waals surface area (Å²) in [5.74, 6) is 1.29. The zero-order chi connectivity index (χ0) is 15.7. The number of hydrogen-bond acceptors (Lipinski definition) is 3. The maximum Gasteiger partial charge on any atom is 0.293 e. The fraction of sp³-hybridized carbons (Fsp3) is 0.294. The lowest BCUT2D eigenvalue weighted by molar-refractivity contribution is -0.711. The Kier molecular flexibility index (Phi) is 3.71. The van der Waals surface area contributed by atoms with Gasteiger partial charge in [0.1, 0.15) is 0 Å². The van der Waals surface area contributed by atoms with Gasteiger partial charge in [-0.1, -0.05) is 0 Å². The van der Waals surface area contributed by atoms with Crippen LogP contribution in [0.2, 0.25) is 0 Å². The summed E-state index contributed by atoms with van der Waals surface area (Å²) in [6, 6.07) is 9.08. The van der Waals surface area contributed by atoms with Crippen molar-refractivity contribution in [1.29, 1.82) is 0 Å². The first-order valence-corrected chi connectivity index (χ1v) is 7.24. The maximum absolute atomic E-state index is 12.5. The molecule has 114 valence electrons. The van der Waals surface area contributed by atoms with Crippen molar-refractivity contribution >= 4 is 11.6 Å². The lowest BCUT2D eigenvalue weighted by Gasteiger charge is -2.11. The highest BCUT2D eigenvalue weighted by molar-refractivity contribution is 5.92. The molecule has 0 spiro atoms. The molecular formula is C17H19N2O3+. The molecule has 0 bridgehead atoms. The first-order chi connectivity index (χ1) is 10.6. The molecule has 1 atom stereocenters. The number of nitrogens with zero attached hydrogens (tertiary/aromatic N) is 1. The first kappa shape index (κ1) is 14.4. The number of hydrogen-bond donors (Lipinski definition) is 1. The molecule has 1 amide bonds. The van der Waals surface area contributed by atoms with Crippen molar-refractivity contribution in [3.05, 3.63) is 47.8 Å². The van der Waals surface area contributed by atoms with E-state index in [-0.39, 0.29) is 18.7 Å². The molecule has 1 aliphatic heterocycles. The van der Waals surface area contributed by atoms with E-state index in [0.29, 0.717) is 17.2 Å². The number of benzene rings is 1. The van der Waals surface area contributed by atoms with Crippen LogP contribution in [0, 0.1) is 13.8 Å². The minimum Gasteiger partial charge on any atom is -0.454 e. The maximum atomic E-state index is 12.5. The molecule has 1 aromatic carbocycles. The van der Waals surface area contributed by atoms with Crippen molar-refractivity contribution in [2.45, 2.75) is 26.8 Å². The molecule has 1 aliphatic rings. The van der Waals surface area contributed by atoms with Crippen molar-refractivity contribution in [2.75, 3.05) is 12.1 Å². The third-order valence-electron chi connectivity index (χ3n) is 3.99. The second-order valence-corrected chi connectivity index (χ2v) is 5.42. The number of anilines is 1. The second-order valence-electron chi connectivity index (χ2n) is 5.42. The van der Waals surface area contributed by atoms with Crippen molar-refractivity contribution in [1.82, 2.24) is 0 Å². The van der Waals surface area contributed by atoms with Gasteiger partial charge in [0.15, 0.2) is 23.4 Å². The molecule has 3 rings (SSSR count). The lowest BCUT2D eigenvalue weighted by Crippen LogP contribution is -2.47. The molecule has 5 heteroatoms. The summed E-state index contributed by atoms with van der Waals surface area (Å²) >= 11 is 0. The predicted molar refractivity (Wildman–Crippen MR) is 82.0 cm³/mol. The largest absolute Gasteiger partial charge is 0.454 e. The van der Waals surface area contributed by atoms with Gasteiger partial charge in [0.25, 0.3) is 5.91 Å². The summed E-state index contributed by atoms with van der Waals surface area (Å²) in [5.41, 5.74) is 2.94. The molecule has 0 unspecified atom stereocenters. The van der Waals surface area contributed by atoms with E-state index in [1.165, 1.54) is 0 Å². The van der Waals surface area contributed by atoms with Gasteiger partial charge in [-0.3, -0.25) is 4.79 Å². The van der Waals surface area contributed by atoms with E-state index in [0.717, 1.165) is 11.3 Å². The Morgan fingerprint density at radius 3 is 2.82 bits per heavy atom. The molecule has 1 N–H and O–H groups in total. The number of rotatable bonds is 3. The van der Waals surface area contributed by atoms with Crippen molar-refractivity contribution in [3.8, 4) is 11.5 Å². The van der Waals surface area contributed by atoms with Crippen LogP contribution in [0.25, 0.3) is 0 Å². The normalized spacial score (nSPS) is 13.8. The van der Waals surface area contributed by atoms with Crippen LogP contribution in [0.4, 0.5) is 5.69 Å². The average molecular weight is 299 g/mol. The summed E-state index contributed by atoms with van der Waals surface area (Å²) in [4.78, 5) is 12.5. The van der Waals surface area contributed by atoms with E-state index in [2.05, 4.69) is 5.32 Å². The number of amides is 1. The van der Waals surface area contributed by atoms with Gasteiger partial charge in [-0.05, 0) is 25.1 Å². The third kappa shape index (κ3) is 2.62. The Labute approximate surface area is 129 Å². The number of carbonyl (C=O) groups is 1. The molecule has 2 heterocycles. The van der Waals surface area contributed by atoms with Crippen molar-refractivity contribution < 1.29 is 18.8 Å². The number of carbonyl (C=O) groups excluding carboxylic acids is 1. The van der Waals surface area contributed by atoms with Crippen molar-refractivity contribution in [2.24, 2.45) is 0 Å². The second kappa shape index (κ2) is 5.67. The molecule has 1 aromatic heterocycles. The molecule has 22 heavy (non-hydrogen) atoms. The van der Waals surface area contributed by atoms with Gasteiger partial charge in [0, 0.05) is 37.2 Å². The third-order valence-corrected chi connectivity index (χ3v) is 3.99. The minimum absolute atomic E-state index is 0.0717. The Morgan fingerprint density at radius 2 is 2.00 bits per heavy atom. The van der Waals surface area contributed by atoms with Gasteiger partial charge in [-0.25, -0.2) is 0 Å². The SMILES string of the molecule is Cc1ccc[n+]([C@H](C)C(=O)Nc2ccc3c(c2)OCO3)c1C. The fourth-order valence-electron chi connectivity index (χ4n) is 2.48. The van der Waals surface area contributed by atoms with Crippen LogP contribution < -0.4 is 19.4 Å². The van der Waals surface area contributed by atoms with Crippen LogP contribution in [0.3, 0.4) is 0 Å². The number of fused-ring (bicyclic) bond motifs is 1. The van der Waals surface area contributed by atoms with Crippen LogP contribution in [-0.2, 0) is 4.79 Å². The number of nitrogens with one attached hydrogen (secondary N) is 1. The summed E-state index contributed by atoms with van der Waals surface area (Å²) in [5, 5.41) is 2.92. The first-order valence-electron chi connectivity index (χ1n) is 7.24.